The van der Waals surface area contributed by atoms with Gasteiger partial charge >= 0.3 is 0 Å². The molecule has 0 aliphatic heterocycles. The van der Waals surface area contributed by atoms with E-state index in [9.17, 15) is 10.1 Å². The van der Waals surface area contributed by atoms with Crippen LogP contribution in [0.1, 0.15) is 26.7 Å². The van der Waals surface area contributed by atoms with Gasteiger partial charge in [0.1, 0.15) is 12.1 Å². The summed E-state index contributed by atoms with van der Waals surface area (Å²) >= 11 is 4.11. The molecule has 0 bridgehead atoms. The minimum atomic E-state index is -0.442. The molecule has 0 N–H and O–H groups in total. The summed E-state index contributed by atoms with van der Waals surface area (Å²) in [6.45, 7) is 5.48. The monoisotopic (exact) mass is 324 g/mol. The van der Waals surface area contributed by atoms with Crippen LogP contribution in [0.25, 0.3) is 0 Å². The highest BCUT2D eigenvalue weighted by molar-refractivity contribution is 7.80. The van der Waals surface area contributed by atoms with Crippen molar-refractivity contribution in [3.63, 3.8) is 0 Å². The molecule has 8 heteroatoms. The number of unbranched alkanes of at least 4 members (excludes halogenated alkanes) is 1. The highest BCUT2D eigenvalue weighted by Gasteiger charge is 2.04. The Morgan fingerprint density at radius 3 is 2.73 bits per heavy atom. The number of nitro benzene ring substituents is 1. The number of thiol groups is 1. The van der Waals surface area contributed by atoms with E-state index in [1.165, 1.54) is 18.6 Å². The van der Waals surface area contributed by atoms with Gasteiger partial charge in [0.2, 0.25) is 0 Å². The fraction of sp³-hybridized carbons (Fsp3) is 0.429. The molecular formula is C14H20N4O3S. The number of nitro groups is 1. The van der Waals surface area contributed by atoms with E-state index < -0.39 is 4.92 Å². The molecule has 0 saturated heterocycles. The average molecular weight is 324 g/mol. The fourth-order valence-electron chi connectivity index (χ4n) is 1.59. The summed E-state index contributed by atoms with van der Waals surface area (Å²) in [6.07, 6.45) is 4.05. The topological polar surface area (TPSA) is 83.1 Å². The number of nitrogens with zero attached hydrogens (tertiary/aromatic N) is 4. The van der Waals surface area contributed by atoms with Crippen LogP contribution in [-0.2, 0) is 6.54 Å². The molecule has 0 fully saturated rings. The Morgan fingerprint density at radius 2 is 2.18 bits per heavy atom. The lowest BCUT2D eigenvalue weighted by Gasteiger charge is -2.00. The Hall–Kier alpha value is -2.09. The number of ether oxygens (including phenoxy) is 1. The van der Waals surface area contributed by atoms with Crippen molar-refractivity contribution in [2.24, 2.45) is 0 Å². The molecule has 0 amide bonds. The minimum absolute atomic E-state index is 0.0564. The van der Waals surface area contributed by atoms with Gasteiger partial charge in [-0.1, -0.05) is 19.4 Å². The number of aromatic nitrogens is 3. The molecule has 1 aromatic heterocycles. The standard InChI is InChI=1S/C8H9NO3.C6H11N3S/c1-2-12-8-5-3-4-7(6-8)9(10)11;1-2-3-4-9-5-7-8-6(9)10/h3-6H,2H2,1H3;5H,2-4H2,1H3,(H,8,10). The maximum atomic E-state index is 10.3. The second-order valence-corrected chi connectivity index (χ2v) is 4.77. The van der Waals surface area contributed by atoms with E-state index in [-0.39, 0.29) is 5.69 Å². The highest BCUT2D eigenvalue weighted by Crippen LogP contribution is 2.18. The molecule has 120 valence electrons. The van der Waals surface area contributed by atoms with Crippen LogP contribution in [0.15, 0.2) is 35.7 Å². The Bertz CT molecular complexity index is 589. The molecule has 1 heterocycles. The van der Waals surface area contributed by atoms with E-state index in [1.807, 2.05) is 11.5 Å². The van der Waals surface area contributed by atoms with Crippen LogP contribution in [0.4, 0.5) is 5.69 Å². The Balaban J connectivity index is 0.000000224. The molecule has 0 aliphatic rings. The average Bonchev–Trinajstić information content (AvgIpc) is 2.92. The molecule has 0 atom stereocenters. The Kier molecular flexibility index (Phi) is 7.98. The number of aryl methyl sites for hydroxylation is 1. The lowest BCUT2D eigenvalue weighted by Crippen LogP contribution is -1.95. The molecule has 0 spiro atoms. The molecule has 0 unspecified atom stereocenters. The predicted octanol–water partition coefficient (Wildman–Crippen LogP) is 3.36. The normalized spacial score (nSPS) is 9.77. The van der Waals surface area contributed by atoms with Crippen LogP contribution >= 0.6 is 12.6 Å². The van der Waals surface area contributed by atoms with Gasteiger partial charge in [-0.15, -0.1) is 22.8 Å². The summed E-state index contributed by atoms with van der Waals surface area (Å²) in [4.78, 5) is 9.87. The van der Waals surface area contributed by atoms with Crippen molar-refractivity contribution >= 4 is 18.3 Å². The van der Waals surface area contributed by atoms with Crippen molar-refractivity contribution in [3.05, 3.63) is 40.7 Å². The van der Waals surface area contributed by atoms with E-state index in [0.717, 1.165) is 13.0 Å². The fourth-order valence-corrected chi connectivity index (χ4v) is 1.79. The maximum absolute atomic E-state index is 10.3. The van der Waals surface area contributed by atoms with Gasteiger partial charge in [-0.3, -0.25) is 10.1 Å². The third-order valence-corrected chi connectivity index (χ3v) is 3.03. The van der Waals surface area contributed by atoms with Gasteiger partial charge in [0.15, 0.2) is 5.16 Å². The van der Waals surface area contributed by atoms with Gasteiger partial charge in [0, 0.05) is 12.6 Å². The number of benzene rings is 1. The number of hydrogen-bond donors (Lipinski definition) is 1. The van der Waals surface area contributed by atoms with Crippen molar-refractivity contribution in [1.82, 2.24) is 14.8 Å². The summed E-state index contributed by atoms with van der Waals surface area (Å²) in [5.74, 6) is 0.534. The second-order valence-electron chi connectivity index (χ2n) is 4.37. The zero-order chi connectivity index (χ0) is 16.4. The van der Waals surface area contributed by atoms with Gasteiger partial charge in [0.25, 0.3) is 5.69 Å². The summed E-state index contributed by atoms with van der Waals surface area (Å²) in [7, 11) is 0. The highest BCUT2D eigenvalue weighted by atomic mass is 32.1. The molecule has 2 rings (SSSR count). The molecule has 0 saturated carbocycles. The predicted molar refractivity (Wildman–Crippen MR) is 86.4 cm³/mol. The van der Waals surface area contributed by atoms with Crippen LogP contribution in [0.2, 0.25) is 0 Å². The van der Waals surface area contributed by atoms with Crippen LogP contribution < -0.4 is 4.74 Å². The van der Waals surface area contributed by atoms with E-state index in [4.69, 9.17) is 4.74 Å². The van der Waals surface area contributed by atoms with E-state index in [1.54, 1.807) is 18.5 Å². The second kappa shape index (κ2) is 9.78. The van der Waals surface area contributed by atoms with Crippen molar-refractivity contribution in [3.8, 4) is 5.75 Å². The summed E-state index contributed by atoms with van der Waals surface area (Å²) < 4.78 is 7.03. The third kappa shape index (κ3) is 6.13. The lowest BCUT2D eigenvalue weighted by atomic mass is 10.3. The van der Waals surface area contributed by atoms with Gasteiger partial charge in [-0.2, -0.15) is 0 Å². The largest absolute Gasteiger partial charge is 0.494 e. The first-order chi connectivity index (χ1) is 10.6. The lowest BCUT2D eigenvalue weighted by molar-refractivity contribution is -0.384. The number of rotatable bonds is 6. The zero-order valence-corrected chi connectivity index (χ0v) is 13.6. The first-order valence-corrected chi connectivity index (χ1v) is 7.47. The zero-order valence-electron chi connectivity index (χ0n) is 12.7. The molecule has 2 aromatic rings. The molecule has 1 aromatic carbocycles. The maximum Gasteiger partial charge on any atom is 0.273 e. The Morgan fingerprint density at radius 1 is 1.41 bits per heavy atom. The molecule has 22 heavy (non-hydrogen) atoms. The van der Waals surface area contributed by atoms with Gasteiger partial charge in [-0.25, -0.2) is 0 Å². The molecule has 7 nitrogen and oxygen atoms in total. The Labute approximate surface area is 134 Å². The third-order valence-electron chi connectivity index (χ3n) is 2.69. The summed E-state index contributed by atoms with van der Waals surface area (Å²) in [5, 5.41) is 18.5. The molecular weight excluding hydrogens is 304 g/mol. The SMILES string of the molecule is CCCCn1cnnc1S.CCOc1cccc([N+](=O)[O-])c1. The van der Waals surface area contributed by atoms with Crippen LogP contribution in [0.5, 0.6) is 5.75 Å². The molecule has 0 radical (unpaired) electrons. The van der Waals surface area contributed by atoms with Crippen LogP contribution in [0, 0.1) is 10.1 Å². The first-order valence-electron chi connectivity index (χ1n) is 7.02. The van der Waals surface area contributed by atoms with Crippen LogP contribution in [0.3, 0.4) is 0 Å². The van der Waals surface area contributed by atoms with Crippen molar-refractivity contribution in [2.75, 3.05) is 6.61 Å². The van der Waals surface area contributed by atoms with E-state index in [2.05, 4.69) is 29.7 Å². The van der Waals surface area contributed by atoms with Crippen molar-refractivity contribution in [1.29, 1.82) is 0 Å². The smallest absolute Gasteiger partial charge is 0.273 e. The van der Waals surface area contributed by atoms with Gasteiger partial charge in [-0.05, 0) is 19.4 Å². The van der Waals surface area contributed by atoms with Gasteiger partial charge in [0.05, 0.1) is 17.6 Å². The number of hydrogen-bond acceptors (Lipinski definition) is 6. The van der Waals surface area contributed by atoms with Crippen LogP contribution in [-0.4, -0.2) is 26.3 Å². The van der Waals surface area contributed by atoms with Crippen molar-refractivity contribution < 1.29 is 9.66 Å². The van der Waals surface area contributed by atoms with E-state index >= 15 is 0 Å². The summed E-state index contributed by atoms with van der Waals surface area (Å²) in [6, 6.07) is 6.13. The number of non-ortho nitro benzene ring substituents is 1. The summed E-state index contributed by atoms with van der Waals surface area (Å²) in [5.41, 5.74) is 0.0564. The molecule has 0 aliphatic carbocycles. The quantitative estimate of drug-likeness (QED) is 0.500. The minimum Gasteiger partial charge on any atom is -0.494 e. The van der Waals surface area contributed by atoms with E-state index in [0.29, 0.717) is 17.5 Å². The first kappa shape index (κ1) is 18.0. The van der Waals surface area contributed by atoms with Crippen molar-refractivity contribution in [2.45, 2.75) is 38.4 Å². The van der Waals surface area contributed by atoms with Gasteiger partial charge < -0.3 is 9.30 Å².